The fraction of sp³-hybridized carbons (Fsp3) is 0.0769. The highest BCUT2D eigenvalue weighted by Crippen LogP contribution is 2.29. The fourth-order valence-electron chi connectivity index (χ4n) is 1.57. The molecule has 0 saturated heterocycles. The predicted octanol–water partition coefficient (Wildman–Crippen LogP) is 3.31. The lowest BCUT2D eigenvalue weighted by molar-refractivity contribution is 0.0696. The van der Waals surface area contributed by atoms with Gasteiger partial charge in [-0.15, -0.1) is 0 Å². The number of aromatic nitrogens is 1. The number of halogens is 1. The van der Waals surface area contributed by atoms with Crippen LogP contribution in [-0.4, -0.2) is 23.1 Å². The summed E-state index contributed by atoms with van der Waals surface area (Å²) in [6.45, 7) is 0. The van der Waals surface area contributed by atoms with Crippen molar-refractivity contribution in [3.05, 3.63) is 52.6 Å². The number of hydrogen-bond acceptors (Lipinski definition) is 3. The van der Waals surface area contributed by atoms with Crippen LogP contribution in [0.5, 0.6) is 0 Å². The number of aromatic carboxylic acids is 1. The average Bonchev–Trinajstić information content (AvgIpc) is 2.38. The van der Waals surface area contributed by atoms with Crippen LogP contribution in [0.4, 0.5) is 11.5 Å². The second-order valence-corrected chi connectivity index (χ2v) is 4.58. The molecule has 92 valence electrons. The first-order chi connectivity index (χ1) is 8.59. The Morgan fingerprint density at radius 3 is 2.56 bits per heavy atom. The summed E-state index contributed by atoms with van der Waals surface area (Å²) in [4.78, 5) is 16.9. The first-order valence-corrected chi connectivity index (χ1v) is 6.06. The van der Waals surface area contributed by atoms with Gasteiger partial charge in [-0.05, 0) is 34.1 Å². The number of benzene rings is 1. The number of hydrogen-bond donors (Lipinski definition) is 1. The highest BCUT2D eigenvalue weighted by atomic mass is 79.9. The van der Waals surface area contributed by atoms with Gasteiger partial charge in [-0.25, -0.2) is 9.78 Å². The van der Waals surface area contributed by atoms with Gasteiger partial charge in [-0.3, -0.25) is 0 Å². The van der Waals surface area contributed by atoms with Gasteiger partial charge in [0, 0.05) is 18.9 Å². The molecule has 0 aliphatic heterocycles. The summed E-state index contributed by atoms with van der Waals surface area (Å²) in [5, 5.41) is 8.88. The molecule has 0 amide bonds. The van der Waals surface area contributed by atoms with Gasteiger partial charge in [0.05, 0.1) is 10.0 Å². The van der Waals surface area contributed by atoms with Crippen molar-refractivity contribution < 1.29 is 9.90 Å². The van der Waals surface area contributed by atoms with E-state index in [0.717, 1.165) is 5.69 Å². The van der Waals surface area contributed by atoms with Crippen LogP contribution in [0.1, 0.15) is 10.4 Å². The summed E-state index contributed by atoms with van der Waals surface area (Å²) in [6, 6.07) is 11.3. The van der Waals surface area contributed by atoms with Crippen molar-refractivity contribution in [1.82, 2.24) is 4.98 Å². The Labute approximate surface area is 113 Å². The molecular weight excluding hydrogens is 296 g/mol. The van der Waals surface area contributed by atoms with E-state index < -0.39 is 5.97 Å². The highest BCUT2D eigenvalue weighted by molar-refractivity contribution is 9.10. The van der Waals surface area contributed by atoms with Crippen molar-refractivity contribution in [3.8, 4) is 0 Å². The van der Waals surface area contributed by atoms with Gasteiger partial charge in [0.15, 0.2) is 0 Å². The number of rotatable bonds is 3. The Hall–Kier alpha value is -1.88. The molecule has 0 aliphatic rings. The molecule has 0 aliphatic carbocycles. The monoisotopic (exact) mass is 306 g/mol. The summed E-state index contributed by atoms with van der Waals surface area (Å²) in [5.74, 6) is -0.316. The lowest BCUT2D eigenvalue weighted by Crippen LogP contribution is -2.12. The number of carboxylic acids is 1. The molecule has 0 unspecified atom stereocenters. The van der Waals surface area contributed by atoms with Crippen LogP contribution in [0.2, 0.25) is 0 Å². The van der Waals surface area contributed by atoms with Crippen molar-refractivity contribution in [1.29, 1.82) is 0 Å². The summed E-state index contributed by atoms with van der Waals surface area (Å²) in [5.41, 5.74) is 1.14. The molecule has 0 saturated carbocycles. The standard InChI is InChI=1S/C13H11BrN2O2/c1-16(10-5-3-2-4-6-10)12-11(14)7-9(8-15-12)13(17)18/h2-8H,1H3,(H,17,18). The molecule has 0 atom stereocenters. The van der Waals surface area contributed by atoms with Gasteiger partial charge in [0.1, 0.15) is 5.82 Å². The molecule has 18 heavy (non-hydrogen) atoms. The van der Waals surface area contributed by atoms with E-state index in [1.165, 1.54) is 6.20 Å². The first kappa shape index (κ1) is 12.6. The van der Waals surface area contributed by atoms with E-state index in [1.54, 1.807) is 6.07 Å². The van der Waals surface area contributed by atoms with Crippen LogP contribution in [-0.2, 0) is 0 Å². The highest BCUT2D eigenvalue weighted by Gasteiger charge is 2.12. The molecule has 4 nitrogen and oxygen atoms in total. The Bertz CT molecular complexity index is 572. The van der Waals surface area contributed by atoms with Crippen molar-refractivity contribution in [3.63, 3.8) is 0 Å². The predicted molar refractivity (Wildman–Crippen MR) is 73.4 cm³/mol. The third-order valence-corrected chi connectivity index (χ3v) is 3.11. The molecule has 1 N–H and O–H groups in total. The number of para-hydroxylation sites is 1. The maximum absolute atomic E-state index is 10.8. The summed E-state index contributed by atoms with van der Waals surface area (Å²) >= 11 is 3.35. The minimum atomic E-state index is -0.989. The second-order valence-electron chi connectivity index (χ2n) is 3.73. The van der Waals surface area contributed by atoms with E-state index in [2.05, 4.69) is 20.9 Å². The van der Waals surface area contributed by atoms with Gasteiger partial charge in [-0.2, -0.15) is 0 Å². The Morgan fingerprint density at radius 2 is 2.00 bits per heavy atom. The summed E-state index contributed by atoms with van der Waals surface area (Å²) < 4.78 is 0.647. The molecule has 5 heteroatoms. The van der Waals surface area contributed by atoms with Crippen LogP contribution >= 0.6 is 15.9 Å². The van der Waals surface area contributed by atoms with E-state index in [0.29, 0.717) is 10.3 Å². The molecule has 2 aromatic rings. The average molecular weight is 307 g/mol. The van der Waals surface area contributed by atoms with Crippen LogP contribution in [0.25, 0.3) is 0 Å². The van der Waals surface area contributed by atoms with Crippen LogP contribution in [0.3, 0.4) is 0 Å². The molecule has 0 bridgehead atoms. The zero-order valence-electron chi connectivity index (χ0n) is 9.67. The topological polar surface area (TPSA) is 53.4 Å². The van der Waals surface area contributed by atoms with E-state index in [1.807, 2.05) is 42.3 Å². The van der Waals surface area contributed by atoms with E-state index >= 15 is 0 Å². The van der Waals surface area contributed by atoms with Crippen molar-refractivity contribution >= 4 is 33.4 Å². The van der Waals surface area contributed by atoms with E-state index in [-0.39, 0.29) is 5.56 Å². The van der Waals surface area contributed by atoms with Crippen LogP contribution in [0.15, 0.2) is 47.1 Å². The Morgan fingerprint density at radius 1 is 1.33 bits per heavy atom. The van der Waals surface area contributed by atoms with Crippen LogP contribution < -0.4 is 4.90 Å². The minimum absolute atomic E-state index is 0.159. The molecule has 0 fully saturated rings. The third-order valence-electron chi connectivity index (χ3n) is 2.53. The first-order valence-electron chi connectivity index (χ1n) is 5.27. The molecule has 1 aromatic heterocycles. The zero-order valence-corrected chi connectivity index (χ0v) is 11.3. The Balaban J connectivity index is 2.37. The Kier molecular flexibility index (Phi) is 3.62. The number of carboxylic acid groups (broad SMARTS) is 1. The molecule has 0 radical (unpaired) electrons. The molecule has 1 aromatic carbocycles. The quantitative estimate of drug-likeness (QED) is 0.945. The number of anilines is 2. The SMILES string of the molecule is CN(c1ccccc1)c1ncc(C(=O)O)cc1Br. The third kappa shape index (κ3) is 2.51. The van der Waals surface area contributed by atoms with Gasteiger partial charge >= 0.3 is 5.97 Å². The number of nitrogens with zero attached hydrogens (tertiary/aromatic N) is 2. The van der Waals surface area contributed by atoms with Crippen molar-refractivity contribution in [2.24, 2.45) is 0 Å². The van der Waals surface area contributed by atoms with Crippen molar-refractivity contribution in [2.75, 3.05) is 11.9 Å². The van der Waals surface area contributed by atoms with E-state index in [9.17, 15) is 4.79 Å². The number of pyridine rings is 1. The fourth-order valence-corrected chi connectivity index (χ4v) is 2.18. The van der Waals surface area contributed by atoms with Gasteiger partial charge < -0.3 is 10.0 Å². The summed E-state index contributed by atoms with van der Waals surface area (Å²) in [6.07, 6.45) is 1.35. The van der Waals surface area contributed by atoms with Crippen LogP contribution in [0, 0.1) is 0 Å². The molecular formula is C13H11BrN2O2. The normalized spacial score (nSPS) is 10.1. The minimum Gasteiger partial charge on any atom is -0.478 e. The van der Waals surface area contributed by atoms with Gasteiger partial charge in [-0.1, -0.05) is 18.2 Å². The smallest absolute Gasteiger partial charge is 0.337 e. The maximum Gasteiger partial charge on any atom is 0.337 e. The lowest BCUT2D eigenvalue weighted by Gasteiger charge is -2.19. The molecule has 0 spiro atoms. The lowest BCUT2D eigenvalue weighted by atomic mass is 10.2. The molecule has 2 rings (SSSR count). The molecule has 1 heterocycles. The summed E-state index contributed by atoms with van der Waals surface area (Å²) in [7, 11) is 1.88. The second kappa shape index (κ2) is 5.18. The largest absolute Gasteiger partial charge is 0.478 e. The van der Waals surface area contributed by atoms with E-state index in [4.69, 9.17) is 5.11 Å². The van der Waals surface area contributed by atoms with Gasteiger partial charge in [0.25, 0.3) is 0 Å². The van der Waals surface area contributed by atoms with Gasteiger partial charge in [0.2, 0.25) is 0 Å². The zero-order chi connectivity index (χ0) is 13.1. The maximum atomic E-state index is 10.8. The van der Waals surface area contributed by atoms with Crippen molar-refractivity contribution in [2.45, 2.75) is 0 Å². The number of carbonyl (C=O) groups is 1.